The first-order chi connectivity index (χ1) is 8.88. The fourth-order valence-electron chi connectivity index (χ4n) is 1.93. The van der Waals surface area contributed by atoms with Crippen molar-refractivity contribution in [3.63, 3.8) is 0 Å². The van der Waals surface area contributed by atoms with Gasteiger partial charge in [-0.05, 0) is 19.8 Å². The smallest absolute Gasteiger partial charge is 0.174 e. The third-order valence-electron chi connectivity index (χ3n) is 2.96. The molecule has 0 saturated carbocycles. The number of aryl methyl sites for hydroxylation is 2. The van der Waals surface area contributed by atoms with Gasteiger partial charge >= 0.3 is 6.18 Å². The van der Waals surface area contributed by atoms with E-state index in [9.17, 15) is 13.2 Å². The molecular weight excluding hydrogens is 338 g/mol. The van der Waals surface area contributed by atoms with Crippen molar-refractivity contribution in [2.24, 2.45) is 0 Å². The van der Waals surface area contributed by atoms with E-state index in [4.69, 9.17) is 0 Å². The fraction of sp³-hybridized carbons (Fsp3) is 0.188. The molecule has 103 valence electrons. The minimum atomic E-state index is -4.37. The van der Waals surface area contributed by atoms with E-state index < -0.39 is 12.1 Å². The third kappa shape index (κ3) is 4.10. The van der Waals surface area contributed by atoms with Gasteiger partial charge in [-0.1, -0.05) is 35.4 Å². The van der Waals surface area contributed by atoms with Crippen LogP contribution in [-0.4, -0.2) is 6.18 Å². The average molecular weight is 352 g/mol. The summed E-state index contributed by atoms with van der Waals surface area (Å²) in [5.41, 5.74) is 2.27. The quantitative estimate of drug-likeness (QED) is 0.679. The molecule has 0 aliphatic carbocycles. The predicted octanol–water partition coefficient (Wildman–Crippen LogP) is 4.83. The second-order valence-corrected chi connectivity index (χ2v) is 4.60. The van der Waals surface area contributed by atoms with Crippen LogP contribution in [0.1, 0.15) is 22.3 Å². The summed E-state index contributed by atoms with van der Waals surface area (Å²) in [5, 5.41) is 0. The second kappa shape index (κ2) is 6.77. The van der Waals surface area contributed by atoms with Gasteiger partial charge in [-0.15, -0.1) is 35.4 Å². The maximum absolute atomic E-state index is 13.3. The standard InChI is InChI=1S/C16H14F3.Y/c1-11-3-7-13(8-4-11)15(16(17,18)19)14-9-5-12(2)6-10-14;/h3-10H,1-2H3;/q-1;. The molecule has 0 aliphatic heterocycles. The molecule has 0 aromatic heterocycles. The zero-order chi connectivity index (χ0) is 14.0. The van der Waals surface area contributed by atoms with E-state index in [1.54, 1.807) is 24.3 Å². The van der Waals surface area contributed by atoms with E-state index >= 15 is 0 Å². The first kappa shape index (κ1) is 17.3. The van der Waals surface area contributed by atoms with Crippen LogP contribution in [0.3, 0.4) is 0 Å². The molecule has 0 aliphatic rings. The number of hydrogen-bond donors (Lipinski definition) is 0. The monoisotopic (exact) mass is 352 g/mol. The molecule has 2 aromatic carbocycles. The van der Waals surface area contributed by atoms with Crippen LogP contribution in [-0.2, 0) is 32.7 Å². The molecule has 0 atom stereocenters. The molecule has 20 heavy (non-hydrogen) atoms. The molecule has 2 aromatic rings. The normalized spacial score (nSPS) is 10.8. The first-order valence-corrected chi connectivity index (χ1v) is 5.96. The van der Waals surface area contributed by atoms with Crippen LogP contribution in [0.15, 0.2) is 48.5 Å². The van der Waals surface area contributed by atoms with Crippen molar-refractivity contribution in [3.05, 3.63) is 76.7 Å². The maximum atomic E-state index is 13.3. The molecule has 0 unspecified atom stereocenters. The van der Waals surface area contributed by atoms with E-state index in [-0.39, 0.29) is 43.8 Å². The Hall–Kier alpha value is -0.796. The van der Waals surface area contributed by atoms with Gasteiger partial charge in [0.2, 0.25) is 0 Å². The van der Waals surface area contributed by atoms with Gasteiger partial charge < -0.3 is 0 Å². The topological polar surface area (TPSA) is 0 Å². The maximum Gasteiger partial charge on any atom is 0.388 e. The predicted molar refractivity (Wildman–Crippen MR) is 69.9 cm³/mol. The molecule has 1 radical (unpaired) electrons. The van der Waals surface area contributed by atoms with Crippen LogP contribution >= 0.6 is 0 Å². The van der Waals surface area contributed by atoms with E-state index in [1.807, 2.05) is 13.8 Å². The van der Waals surface area contributed by atoms with E-state index in [2.05, 4.69) is 0 Å². The molecule has 0 saturated heterocycles. The Bertz CT molecular complexity index is 496. The first-order valence-electron chi connectivity index (χ1n) is 5.96. The van der Waals surface area contributed by atoms with E-state index in [0.717, 1.165) is 11.1 Å². The molecule has 0 nitrogen and oxygen atoms in total. The van der Waals surface area contributed by atoms with Crippen molar-refractivity contribution in [1.29, 1.82) is 0 Å². The molecule has 0 bridgehead atoms. The average Bonchev–Trinajstić information content (AvgIpc) is 2.33. The molecular formula is C16H14F3Y-. The van der Waals surface area contributed by atoms with Gasteiger partial charge in [-0.3, -0.25) is 0 Å². The van der Waals surface area contributed by atoms with Crippen molar-refractivity contribution in [3.8, 4) is 0 Å². The number of alkyl halides is 3. The van der Waals surface area contributed by atoms with Crippen LogP contribution in [0.5, 0.6) is 0 Å². The summed E-state index contributed by atoms with van der Waals surface area (Å²) in [6.45, 7) is 3.70. The van der Waals surface area contributed by atoms with Gasteiger partial charge in [0.1, 0.15) is 0 Å². The van der Waals surface area contributed by atoms with Gasteiger partial charge in [-0.2, -0.15) is 13.2 Å². The van der Waals surface area contributed by atoms with Gasteiger partial charge in [-0.25, -0.2) is 0 Å². The summed E-state index contributed by atoms with van der Waals surface area (Å²) < 4.78 is 39.8. The summed E-state index contributed by atoms with van der Waals surface area (Å²) >= 11 is 0. The van der Waals surface area contributed by atoms with E-state index in [1.165, 1.54) is 24.3 Å². The van der Waals surface area contributed by atoms with Gasteiger partial charge in [0, 0.05) is 32.7 Å². The van der Waals surface area contributed by atoms with E-state index in [0.29, 0.717) is 0 Å². The number of hydrogen-bond acceptors (Lipinski definition) is 0. The third-order valence-corrected chi connectivity index (χ3v) is 2.96. The molecule has 0 amide bonds. The molecule has 0 spiro atoms. The number of halogens is 3. The van der Waals surface area contributed by atoms with Crippen LogP contribution in [0.25, 0.3) is 0 Å². The second-order valence-electron chi connectivity index (χ2n) is 4.60. The molecule has 4 heteroatoms. The van der Waals surface area contributed by atoms with Crippen molar-refractivity contribution in [1.82, 2.24) is 0 Å². The van der Waals surface area contributed by atoms with Crippen LogP contribution in [0.2, 0.25) is 0 Å². The summed E-state index contributed by atoms with van der Waals surface area (Å²) in [4.78, 5) is 0. The Morgan fingerprint density at radius 1 is 0.700 bits per heavy atom. The minimum absolute atomic E-state index is 0. The van der Waals surface area contributed by atoms with Gasteiger partial charge in [0.25, 0.3) is 0 Å². The summed E-state index contributed by atoms with van der Waals surface area (Å²) in [5.74, 6) is -0.590. The van der Waals surface area contributed by atoms with Crippen LogP contribution in [0.4, 0.5) is 13.2 Å². The fourth-order valence-corrected chi connectivity index (χ4v) is 1.93. The molecule has 0 fully saturated rings. The Morgan fingerprint density at radius 3 is 1.25 bits per heavy atom. The zero-order valence-electron chi connectivity index (χ0n) is 11.3. The summed E-state index contributed by atoms with van der Waals surface area (Å²) in [7, 11) is 0. The van der Waals surface area contributed by atoms with Crippen molar-refractivity contribution < 1.29 is 45.9 Å². The Balaban J connectivity index is 0.00000200. The van der Waals surface area contributed by atoms with Crippen molar-refractivity contribution in [2.75, 3.05) is 0 Å². The number of rotatable bonds is 2. The molecule has 0 N–H and O–H groups in total. The largest absolute Gasteiger partial charge is 0.388 e. The molecule has 0 heterocycles. The van der Waals surface area contributed by atoms with Gasteiger partial charge in [0.05, 0.1) is 0 Å². The van der Waals surface area contributed by atoms with Crippen LogP contribution < -0.4 is 0 Å². The van der Waals surface area contributed by atoms with Crippen molar-refractivity contribution >= 4 is 0 Å². The molecule has 2 rings (SSSR count). The number of benzene rings is 2. The Morgan fingerprint density at radius 2 is 1.00 bits per heavy atom. The van der Waals surface area contributed by atoms with Gasteiger partial charge in [0.15, 0.2) is 0 Å². The van der Waals surface area contributed by atoms with Crippen LogP contribution in [0, 0.1) is 19.8 Å². The minimum Gasteiger partial charge on any atom is -0.174 e. The Kier molecular flexibility index (Phi) is 5.84. The Labute approximate surface area is 142 Å². The SMILES string of the molecule is Cc1ccc([C-](c2ccc(C)cc2)C(F)(F)F)cc1.[Y]. The summed E-state index contributed by atoms with van der Waals surface area (Å²) in [6, 6.07) is 12.8. The zero-order valence-corrected chi connectivity index (χ0v) is 14.2. The summed E-state index contributed by atoms with van der Waals surface area (Å²) in [6.07, 6.45) is -4.37. The van der Waals surface area contributed by atoms with Crippen molar-refractivity contribution in [2.45, 2.75) is 20.0 Å².